The van der Waals surface area contributed by atoms with Crippen molar-refractivity contribution in [2.45, 2.75) is 13.5 Å². The molecule has 118 valence electrons. The molecule has 1 aromatic heterocycles. The normalized spacial score (nSPS) is 10.5. The molecule has 2 aromatic rings. The van der Waals surface area contributed by atoms with Crippen LogP contribution in [-0.4, -0.2) is 34.1 Å². The Kier molecular flexibility index (Phi) is 5.76. The van der Waals surface area contributed by atoms with E-state index < -0.39 is 5.91 Å². The first-order valence-corrected chi connectivity index (χ1v) is 7.75. The molecule has 1 aromatic carbocycles. The molecule has 2 rings (SSSR count). The molecule has 0 aliphatic carbocycles. The SMILES string of the molecule is CCOc1c(Br)cc(Cl)cc1NC(=O)c1cn(CCN)nn1. The lowest BCUT2D eigenvalue weighted by Crippen LogP contribution is -2.14. The third kappa shape index (κ3) is 3.96. The molecule has 0 saturated heterocycles. The summed E-state index contributed by atoms with van der Waals surface area (Å²) in [5.41, 5.74) is 6.08. The number of amides is 1. The zero-order valence-electron chi connectivity index (χ0n) is 11.8. The fourth-order valence-electron chi connectivity index (χ4n) is 1.77. The summed E-state index contributed by atoms with van der Waals surface area (Å²) in [5.74, 6) is 0.105. The van der Waals surface area contributed by atoms with Crippen LogP contribution in [0.1, 0.15) is 17.4 Å². The minimum atomic E-state index is -0.404. The molecule has 1 amide bonds. The Morgan fingerprint density at radius 3 is 3.00 bits per heavy atom. The van der Waals surface area contributed by atoms with Crippen LogP contribution >= 0.6 is 27.5 Å². The summed E-state index contributed by atoms with van der Waals surface area (Å²) >= 11 is 9.38. The number of carbonyl (C=O) groups is 1. The molecule has 0 bridgehead atoms. The van der Waals surface area contributed by atoms with E-state index >= 15 is 0 Å². The van der Waals surface area contributed by atoms with Crippen LogP contribution in [0, 0.1) is 0 Å². The molecule has 0 spiro atoms. The largest absolute Gasteiger partial charge is 0.491 e. The van der Waals surface area contributed by atoms with E-state index in [0.717, 1.165) is 0 Å². The van der Waals surface area contributed by atoms with Gasteiger partial charge in [0.1, 0.15) is 0 Å². The lowest BCUT2D eigenvalue weighted by Gasteiger charge is -2.13. The first-order valence-electron chi connectivity index (χ1n) is 6.58. The molecule has 0 fully saturated rings. The summed E-state index contributed by atoms with van der Waals surface area (Å²) in [6, 6.07) is 3.30. The van der Waals surface area contributed by atoms with Crippen molar-refractivity contribution in [3.63, 3.8) is 0 Å². The molecule has 0 aliphatic heterocycles. The lowest BCUT2D eigenvalue weighted by molar-refractivity contribution is 0.102. The number of nitrogens with one attached hydrogen (secondary N) is 1. The monoisotopic (exact) mass is 387 g/mol. The number of nitrogens with zero attached hydrogens (tertiary/aromatic N) is 3. The van der Waals surface area contributed by atoms with Crippen LogP contribution < -0.4 is 15.8 Å². The van der Waals surface area contributed by atoms with Crippen molar-refractivity contribution < 1.29 is 9.53 Å². The Labute approximate surface area is 140 Å². The molecular formula is C13H15BrClN5O2. The summed E-state index contributed by atoms with van der Waals surface area (Å²) in [5, 5.41) is 10.8. The van der Waals surface area contributed by atoms with Crippen LogP contribution in [-0.2, 0) is 6.54 Å². The predicted molar refractivity (Wildman–Crippen MR) is 87.4 cm³/mol. The van der Waals surface area contributed by atoms with Gasteiger partial charge in [-0.2, -0.15) is 0 Å². The molecule has 0 saturated carbocycles. The first-order chi connectivity index (χ1) is 10.5. The Balaban J connectivity index is 2.23. The van der Waals surface area contributed by atoms with Crippen LogP contribution in [0.15, 0.2) is 22.8 Å². The molecule has 0 aliphatic rings. The van der Waals surface area contributed by atoms with Gasteiger partial charge in [-0.1, -0.05) is 16.8 Å². The Hall–Kier alpha value is -1.64. The van der Waals surface area contributed by atoms with Gasteiger partial charge in [-0.3, -0.25) is 9.48 Å². The van der Waals surface area contributed by atoms with E-state index in [0.29, 0.717) is 40.6 Å². The molecule has 9 heteroatoms. The average Bonchev–Trinajstić information content (AvgIpc) is 2.92. The molecule has 0 atom stereocenters. The second-order valence-electron chi connectivity index (χ2n) is 4.31. The van der Waals surface area contributed by atoms with Crippen molar-refractivity contribution in [3.8, 4) is 5.75 Å². The van der Waals surface area contributed by atoms with Crippen molar-refractivity contribution in [2.75, 3.05) is 18.5 Å². The molecule has 0 radical (unpaired) electrons. The van der Waals surface area contributed by atoms with E-state index in [1.807, 2.05) is 6.92 Å². The number of aromatic nitrogens is 3. The number of anilines is 1. The second kappa shape index (κ2) is 7.57. The van der Waals surface area contributed by atoms with Gasteiger partial charge in [0, 0.05) is 11.6 Å². The highest BCUT2D eigenvalue weighted by Gasteiger charge is 2.16. The van der Waals surface area contributed by atoms with Crippen molar-refractivity contribution in [2.24, 2.45) is 5.73 Å². The van der Waals surface area contributed by atoms with Crippen LogP contribution in [0.25, 0.3) is 0 Å². The number of carbonyl (C=O) groups excluding carboxylic acids is 1. The maximum Gasteiger partial charge on any atom is 0.277 e. The molecule has 7 nitrogen and oxygen atoms in total. The van der Waals surface area contributed by atoms with Gasteiger partial charge in [-0.05, 0) is 35.0 Å². The standard InChI is InChI=1S/C13H15BrClN5O2/c1-2-22-12-9(14)5-8(15)6-10(12)17-13(21)11-7-20(4-3-16)19-18-11/h5-7H,2-4,16H2,1H3,(H,17,21). The van der Waals surface area contributed by atoms with Gasteiger partial charge in [0.2, 0.25) is 0 Å². The molecule has 0 unspecified atom stereocenters. The summed E-state index contributed by atoms with van der Waals surface area (Å²) in [6.45, 7) is 3.22. The molecule has 22 heavy (non-hydrogen) atoms. The molecule has 1 heterocycles. The van der Waals surface area contributed by atoms with Crippen LogP contribution in [0.4, 0.5) is 5.69 Å². The highest BCUT2D eigenvalue weighted by molar-refractivity contribution is 9.10. The van der Waals surface area contributed by atoms with Gasteiger partial charge in [-0.15, -0.1) is 5.10 Å². The minimum absolute atomic E-state index is 0.187. The number of benzene rings is 1. The van der Waals surface area contributed by atoms with Gasteiger partial charge in [0.25, 0.3) is 5.91 Å². The van der Waals surface area contributed by atoms with E-state index in [2.05, 4.69) is 31.6 Å². The van der Waals surface area contributed by atoms with Crippen molar-refractivity contribution in [1.29, 1.82) is 0 Å². The van der Waals surface area contributed by atoms with Crippen molar-refractivity contribution >= 4 is 39.1 Å². The Bertz CT molecular complexity index is 676. The summed E-state index contributed by atoms with van der Waals surface area (Å²) in [6.07, 6.45) is 1.53. The van der Waals surface area contributed by atoms with Crippen LogP contribution in [0.3, 0.4) is 0 Å². The molecular weight excluding hydrogens is 374 g/mol. The number of hydrogen-bond donors (Lipinski definition) is 2. The van der Waals surface area contributed by atoms with E-state index in [1.54, 1.807) is 12.1 Å². The zero-order chi connectivity index (χ0) is 16.1. The Morgan fingerprint density at radius 2 is 2.32 bits per heavy atom. The summed E-state index contributed by atoms with van der Waals surface area (Å²) in [7, 11) is 0. The predicted octanol–water partition coefficient (Wildman–Crippen LogP) is 2.30. The van der Waals surface area contributed by atoms with Gasteiger partial charge in [0.15, 0.2) is 11.4 Å². The van der Waals surface area contributed by atoms with Crippen molar-refractivity contribution in [1.82, 2.24) is 15.0 Å². The third-order valence-electron chi connectivity index (χ3n) is 2.67. The molecule has 3 N–H and O–H groups in total. The van der Waals surface area contributed by atoms with Gasteiger partial charge in [0.05, 0.1) is 29.5 Å². The van der Waals surface area contributed by atoms with E-state index in [-0.39, 0.29) is 5.69 Å². The number of ether oxygens (including phenoxy) is 1. The highest BCUT2D eigenvalue weighted by Crippen LogP contribution is 2.36. The van der Waals surface area contributed by atoms with E-state index in [4.69, 9.17) is 22.1 Å². The van der Waals surface area contributed by atoms with Gasteiger partial charge in [-0.25, -0.2) is 0 Å². The number of halogens is 2. The Morgan fingerprint density at radius 1 is 1.55 bits per heavy atom. The first kappa shape index (κ1) is 16.7. The number of nitrogens with two attached hydrogens (primary N) is 1. The number of hydrogen-bond acceptors (Lipinski definition) is 5. The highest BCUT2D eigenvalue weighted by atomic mass is 79.9. The maximum atomic E-state index is 12.2. The van der Waals surface area contributed by atoms with Crippen LogP contribution in [0.5, 0.6) is 5.75 Å². The topological polar surface area (TPSA) is 95.1 Å². The van der Waals surface area contributed by atoms with Gasteiger partial charge < -0.3 is 15.8 Å². The maximum absolute atomic E-state index is 12.2. The smallest absolute Gasteiger partial charge is 0.277 e. The summed E-state index contributed by atoms with van der Waals surface area (Å²) < 4.78 is 7.69. The second-order valence-corrected chi connectivity index (χ2v) is 5.60. The quantitative estimate of drug-likeness (QED) is 0.792. The van der Waals surface area contributed by atoms with Crippen molar-refractivity contribution in [3.05, 3.63) is 33.5 Å². The average molecular weight is 389 g/mol. The van der Waals surface area contributed by atoms with E-state index in [1.165, 1.54) is 10.9 Å². The lowest BCUT2D eigenvalue weighted by atomic mass is 10.2. The fraction of sp³-hybridized carbons (Fsp3) is 0.308. The van der Waals surface area contributed by atoms with Gasteiger partial charge >= 0.3 is 0 Å². The van der Waals surface area contributed by atoms with E-state index in [9.17, 15) is 4.79 Å². The summed E-state index contributed by atoms with van der Waals surface area (Å²) in [4.78, 5) is 12.2. The third-order valence-corrected chi connectivity index (χ3v) is 3.48. The number of rotatable bonds is 6. The van der Waals surface area contributed by atoms with Crippen LogP contribution in [0.2, 0.25) is 5.02 Å². The zero-order valence-corrected chi connectivity index (χ0v) is 14.2. The fourth-order valence-corrected chi connectivity index (χ4v) is 2.70. The minimum Gasteiger partial charge on any atom is -0.491 e.